The Morgan fingerprint density at radius 3 is 2.21 bits per heavy atom. The molecule has 0 radical (unpaired) electrons. The summed E-state index contributed by atoms with van der Waals surface area (Å²) in [7, 11) is 0. The lowest BCUT2D eigenvalue weighted by atomic mass is 10.2. The highest BCUT2D eigenvalue weighted by Gasteiger charge is 2.06. The Balaban J connectivity index is 0.00000169. The molecule has 0 amide bonds. The van der Waals surface area contributed by atoms with Crippen molar-refractivity contribution in [3.8, 4) is 0 Å². The van der Waals surface area contributed by atoms with E-state index in [1.807, 2.05) is 0 Å². The second kappa shape index (κ2) is 6.68. The zero-order valence-corrected chi connectivity index (χ0v) is 8.21. The van der Waals surface area contributed by atoms with Crippen molar-refractivity contribution in [3.63, 3.8) is 0 Å². The molecule has 0 aliphatic rings. The van der Waals surface area contributed by atoms with Gasteiger partial charge in [-0.05, 0) is 12.1 Å². The van der Waals surface area contributed by atoms with Gasteiger partial charge < -0.3 is 5.32 Å². The molecule has 0 unspecified atom stereocenters. The maximum absolute atomic E-state index is 12.9. The van der Waals surface area contributed by atoms with Crippen molar-refractivity contribution in [2.24, 2.45) is 0 Å². The van der Waals surface area contributed by atoms with E-state index >= 15 is 0 Å². The van der Waals surface area contributed by atoms with Crippen LogP contribution in [0.3, 0.4) is 0 Å². The molecule has 0 saturated heterocycles. The fraction of sp³-hybridized carbons (Fsp3) is 0.333. The maximum atomic E-state index is 12.9. The Morgan fingerprint density at radius 1 is 1.14 bits per heavy atom. The van der Waals surface area contributed by atoms with Gasteiger partial charge in [0.25, 0.3) is 0 Å². The average molecular weight is 226 g/mol. The summed E-state index contributed by atoms with van der Waals surface area (Å²) >= 11 is 0. The summed E-state index contributed by atoms with van der Waals surface area (Å²) < 4.78 is 37.5. The van der Waals surface area contributed by atoms with E-state index in [-0.39, 0.29) is 31.1 Å². The first-order chi connectivity index (χ1) is 6.25. The van der Waals surface area contributed by atoms with Gasteiger partial charge in [-0.3, -0.25) is 0 Å². The fourth-order valence-electron chi connectivity index (χ4n) is 0.981. The normalized spacial score (nSPS) is 9.64. The number of benzene rings is 1. The van der Waals surface area contributed by atoms with E-state index in [1.54, 1.807) is 0 Å². The van der Waals surface area contributed by atoms with Crippen LogP contribution in [0.1, 0.15) is 5.56 Å². The standard InChI is InChI=1S/C9H10F3N.ClH/c10-4-5-13-6-7-8(11)2-1-3-9(7)12;/h1-3,13H,4-6H2;1H. The second-order valence-corrected chi connectivity index (χ2v) is 2.57. The number of hydrogen-bond donors (Lipinski definition) is 1. The molecule has 0 bridgehead atoms. The average Bonchev–Trinajstić information content (AvgIpc) is 2.10. The maximum Gasteiger partial charge on any atom is 0.130 e. The van der Waals surface area contributed by atoms with Crippen LogP contribution in [0.4, 0.5) is 13.2 Å². The largest absolute Gasteiger partial charge is 0.310 e. The quantitative estimate of drug-likeness (QED) is 0.777. The number of halogens is 4. The highest BCUT2D eigenvalue weighted by Crippen LogP contribution is 2.10. The molecule has 0 aliphatic carbocycles. The summed E-state index contributed by atoms with van der Waals surface area (Å²) in [4.78, 5) is 0. The Kier molecular flexibility index (Phi) is 6.32. The molecular formula is C9H11ClF3N. The molecule has 0 fully saturated rings. The lowest BCUT2D eigenvalue weighted by Crippen LogP contribution is -2.17. The van der Waals surface area contributed by atoms with Crippen molar-refractivity contribution in [2.75, 3.05) is 13.2 Å². The summed E-state index contributed by atoms with van der Waals surface area (Å²) in [6, 6.07) is 3.65. The van der Waals surface area contributed by atoms with Gasteiger partial charge in [-0.1, -0.05) is 6.07 Å². The first-order valence-corrected chi connectivity index (χ1v) is 3.95. The molecular weight excluding hydrogens is 215 g/mol. The van der Waals surface area contributed by atoms with Crippen molar-refractivity contribution >= 4 is 12.4 Å². The minimum atomic E-state index is -0.605. The van der Waals surface area contributed by atoms with Gasteiger partial charge in [-0.2, -0.15) is 0 Å². The van der Waals surface area contributed by atoms with Crippen LogP contribution in [0.25, 0.3) is 0 Å². The van der Waals surface area contributed by atoms with Gasteiger partial charge in [0.2, 0.25) is 0 Å². The predicted molar refractivity (Wildman–Crippen MR) is 51.3 cm³/mol. The van der Waals surface area contributed by atoms with Gasteiger partial charge in [0.1, 0.15) is 18.3 Å². The minimum absolute atomic E-state index is 0. The fourth-order valence-corrected chi connectivity index (χ4v) is 0.981. The number of alkyl halides is 1. The number of rotatable bonds is 4. The summed E-state index contributed by atoms with van der Waals surface area (Å²) in [6.45, 7) is -0.424. The third kappa shape index (κ3) is 3.55. The van der Waals surface area contributed by atoms with Crippen LogP contribution in [0.5, 0.6) is 0 Å². The van der Waals surface area contributed by atoms with Crippen LogP contribution < -0.4 is 5.32 Å². The Labute approximate surface area is 86.7 Å². The Hall–Kier alpha value is -0.740. The lowest BCUT2D eigenvalue weighted by molar-refractivity contribution is 0.458. The first kappa shape index (κ1) is 13.3. The van der Waals surface area contributed by atoms with Crippen molar-refractivity contribution in [3.05, 3.63) is 35.4 Å². The smallest absolute Gasteiger partial charge is 0.130 e. The molecule has 1 rings (SSSR count). The molecule has 0 aliphatic heterocycles. The van der Waals surface area contributed by atoms with E-state index in [1.165, 1.54) is 18.2 Å². The molecule has 1 aromatic rings. The van der Waals surface area contributed by atoms with E-state index in [4.69, 9.17) is 0 Å². The van der Waals surface area contributed by atoms with Crippen LogP contribution in [0.15, 0.2) is 18.2 Å². The van der Waals surface area contributed by atoms with Crippen molar-refractivity contribution in [2.45, 2.75) is 6.54 Å². The minimum Gasteiger partial charge on any atom is -0.310 e. The summed E-state index contributed by atoms with van der Waals surface area (Å²) in [5.74, 6) is -1.21. The summed E-state index contributed by atoms with van der Waals surface area (Å²) in [5.41, 5.74) is -0.0454. The van der Waals surface area contributed by atoms with Crippen molar-refractivity contribution in [1.82, 2.24) is 5.32 Å². The van der Waals surface area contributed by atoms with Crippen molar-refractivity contribution < 1.29 is 13.2 Å². The van der Waals surface area contributed by atoms with Crippen molar-refractivity contribution in [1.29, 1.82) is 0 Å². The SMILES string of the molecule is Cl.FCCNCc1c(F)cccc1F. The van der Waals surface area contributed by atoms with Gasteiger partial charge >= 0.3 is 0 Å². The highest BCUT2D eigenvalue weighted by atomic mass is 35.5. The molecule has 14 heavy (non-hydrogen) atoms. The Bertz CT molecular complexity index is 261. The lowest BCUT2D eigenvalue weighted by Gasteiger charge is -2.04. The van der Waals surface area contributed by atoms with E-state index in [9.17, 15) is 13.2 Å². The van der Waals surface area contributed by atoms with Gasteiger partial charge in [0.15, 0.2) is 0 Å². The molecule has 0 spiro atoms. The molecule has 80 valence electrons. The summed E-state index contributed by atoms with van der Waals surface area (Å²) in [5, 5.41) is 2.58. The molecule has 0 aromatic heterocycles. The van der Waals surface area contributed by atoms with Crippen LogP contribution in [-0.2, 0) is 6.54 Å². The van der Waals surface area contributed by atoms with Gasteiger partial charge in [-0.15, -0.1) is 12.4 Å². The zero-order valence-electron chi connectivity index (χ0n) is 7.40. The molecule has 0 atom stereocenters. The van der Waals surface area contributed by atoms with E-state index in [0.29, 0.717) is 0 Å². The zero-order chi connectivity index (χ0) is 9.68. The molecule has 0 saturated carbocycles. The van der Waals surface area contributed by atoms with E-state index < -0.39 is 18.3 Å². The topological polar surface area (TPSA) is 12.0 Å². The van der Waals surface area contributed by atoms with Gasteiger partial charge in [0.05, 0.1) is 0 Å². The van der Waals surface area contributed by atoms with Gasteiger partial charge in [-0.25, -0.2) is 13.2 Å². The first-order valence-electron chi connectivity index (χ1n) is 3.95. The molecule has 1 N–H and O–H groups in total. The molecule has 5 heteroatoms. The highest BCUT2D eigenvalue weighted by molar-refractivity contribution is 5.85. The van der Waals surface area contributed by atoms with Crippen LogP contribution in [0.2, 0.25) is 0 Å². The Morgan fingerprint density at radius 2 is 1.71 bits per heavy atom. The van der Waals surface area contributed by atoms with E-state index in [0.717, 1.165) is 0 Å². The van der Waals surface area contributed by atoms with Gasteiger partial charge in [0, 0.05) is 18.7 Å². The predicted octanol–water partition coefficient (Wildman–Crippen LogP) is 2.45. The van der Waals surface area contributed by atoms with Crippen LogP contribution >= 0.6 is 12.4 Å². The molecule has 1 nitrogen and oxygen atoms in total. The van der Waals surface area contributed by atoms with E-state index in [2.05, 4.69) is 5.32 Å². The summed E-state index contributed by atoms with van der Waals surface area (Å²) in [6.07, 6.45) is 0. The third-order valence-electron chi connectivity index (χ3n) is 1.63. The number of nitrogens with one attached hydrogen (secondary N) is 1. The second-order valence-electron chi connectivity index (χ2n) is 2.57. The monoisotopic (exact) mass is 225 g/mol. The molecule has 1 aromatic carbocycles. The van der Waals surface area contributed by atoms with Crippen LogP contribution in [0, 0.1) is 11.6 Å². The molecule has 0 heterocycles. The van der Waals surface area contributed by atoms with Crippen LogP contribution in [-0.4, -0.2) is 13.2 Å². The number of hydrogen-bond acceptors (Lipinski definition) is 1. The third-order valence-corrected chi connectivity index (χ3v) is 1.63.